The number of oxazole rings is 1. The molecular weight excluding hydrogens is 355 g/mol. The lowest BCUT2D eigenvalue weighted by Gasteiger charge is -2.03. The molecule has 2 rings (SSSR count). The Bertz CT molecular complexity index is 667. The van der Waals surface area contributed by atoms with Crippen molar-refractivity contribution in [1.82, 2.24) is 4.98 Å². The maximum absolute atomic E-state index is 12.9. The van der Waals surface area contributed by atoms with Crippen LogP contribution in [0.15, 0.2) is 33.2 Å². The number of benzene rings is 1. The molecule has 0 amide bonds. The van der Waals surface area contributed by atoms with Gasteiger partial charge in [0.05, 0.1) is 12.2 Å². The summed E-state index contributed by atoms with van der Waals surface area (Å²) < 4.78 is 48.9. The van der Waals surface area contributed by atoms with Crippen LogP contribution >= 0.6 is 15.9 Å². The minimum absolute atomic E-state index is 0.0683. The van der Waals surface area contributed by atoms with Gasteiger partial charge in [-0.15, -0.1) is 0 Å². The number of hydrogen-bond acceptors (Lipinski definition) is 4. The van der Waals surface area contributed by atoms with Crippen LogP contribution in [-0.2, 0) is 10.9 Å². The van der Waals surface area contributed by atoms with Crippen LogP contribution in [0.5, 0.6) is 0 Å². The smallest absolute Gasteiger partial charge is 0.437 e. The molecule has 0 saturated heterocycles. The SMILES string of the molecule is CCOC(=O)c1oc(-c2ccccc2Br)nc1C(F)(F)F. The normalized spacial score (nSPS) is 11.5. The van der Waals surface area contributed by atoms with Gasteiger partial charge < -0.3 is 9.15 Å². The third-order valence-electron chi connectivity index (χ3n) is 2.46. The molecule has 8 heteroatoms. The Labute approximate surface area is 126 Å². The molecule has 0 aliphatic heterocycles. The van der Waals surface area contributed by atoms with Gasteiger partial charge in [0.2, 0.25) is 11.7 Å². The second kappa shape index (κ2) is 5.88. The van der Waals surface area contributed by atoms with Gasteiger partial charge in [-0.2, -0.15) is 13.2 Å². The van der Waals surface area contributed by atoms with E-state index in [1.807, 2.05) is 0 Å². The summed E-state index contributed by atoms with van der Waals surface area (Å²) in [4.78, 5) is 15.0. The van der Waals surface area contributed by atoms with Crippen molar-refractivity contribution in [2.45, 2.75) is 13.1 Å². The summed E-state index contributed by atoms with van der Waals surface area (Å²) in [6.07, 6.45) is -4.81. The van der Waals surface area contributed by atoms with Crippen LogP contribution in [0.25, 0.3) is 11.5 Å². The fraction of sp³-hybridized carbons (Fsp3) is 0.231. The first kappa shape index (κ1) is 15.6. The summed E-state index contributed by atoms with van der Waals surface area (Å²) in [6.45, 7) is 1.41. The molecule has 1 aromatic carbocycles. The van der Waals surface area contributed by atoms with Gasteiger partial charge in [-0.05, 0) is 35.0 Å². The number of aromatic nitrogens is 1. The lowest BCUT2D eigenvalue weighted by atomic mass is 10.2. The standard InChI is InChI=1S/C13H9BrF3NO3/c1-2-20-12(19)9-10(13(15,16)17)18-11(21-9)7-5-3-4-6-8(7)14/h3-6H,2H2,1H3. The number of rotatable bonds is 3. The molecule has 0 aliphatic carbocycles. The summed E-state index contributed by atoms with van der Waals surface area (Å²) in [7, 11) is 0. The highest BCUT2D eigenvalue weighted by Gasteiger charge is 2.42. The topological polar surface area (TPSA) is 52.3 Å². The van der Waals surface area contributed by atoms with E-state index in [9.17, 15) is 18.0 Å². The number of halogens is 4. The number of hydrogen-bond donors (Lipinski definition) is 0. The zero-order valence-electron chi connectivity index (χ0n) is 10.7. The maximum Gasteiger partial charge on any atom is 0.437 e. The van der Waals surface area contributed by atoms with Crippen LogP contribution < -0.4 is 0 Å². The zero-order chi connectivity index (χ0) is 15.6. The Balaban J connectivity index is 2.56. The van der Waals surface area contributed by atoms with E-state index in [4.69, 9.17) is 4.42 Å². The first-order chi connectivity index (χ1) is 9.84. The van der Waals surface area contributed by atoms with Crippen molar-refractivity contribution in [3.63, 3.8) is 0 Å². The summed E-state index contributed by atoms with van der Waals surface area (Å²) in [5.41, 5.74) is -1.09. The highest BCUT2D eigenvalue weighted by atomic mass is 79.9. The van der Waals surface area contributed by atoms with Gasteiger partial charge in [0.25, 0.3) is 0 Å². The highest BCUT2D eigenvalue weighted by Crippen LogP contribution is 2.36. The van der Waals surface area contributed by atoms with E-state index in [0.29, 0.717) is 10.0 Å². The summed E-state index contributed by atoms with van der Waals surface area (Å²) in [5.74, 6) is -2.46. The zero-order valence-corrected chi connectivity index (χ0v) is 12.3. The van der Waals surface area contributed by atoms with Crippen molar-refractivity contribution in [3.8, 4) is 11.5 Å². The number of ether oxygens (including phenoxy) is 1. The Morgan fingerprint density at radius 3 is 2.62 bits per heavy atom. The molecule has 21 heavy (non-hydrogen) atoms. The Morgan fingerprint density at radius 2 is 2.05 bits per heavy atom. The van der Waals surface area contributed by atoms with Gasteiger partial charge in [0.1, 0.15) is 0 Å². The molecule has 2 aromatic rings. The average molecular weight is 364 g/mol. The van der Waals surface area contributed by atoms with Gasteiger partial charge in [-0.1, -0.05) is 12.1 Å². The van der Waals surface area contributed by atoms with Gasteiger partial charge in [-0.25, -0.2) is 9.78 Å². The number of alkyl halides is 3. The molecule has 0 N–H and O–H groups in total. The predicted molar refractivity (Wildman–Crippen MR) is 70.6 cm³/mol. The number of carbonyl (C=O) groups is 1. The summed E-state index contributed by atoms with van der Waals surface area (Å²) in [5, 5.41) is 0. The molecule has 0 spiro atoms. The Hall–Kier alpha value is -1.83. The number of esters is 1. The molecule has 0 atom stereocenters. The van der Waals surface area contributed by atoms with Crippen molar-refractivity contribution in [1.29, 1.82) is 0 Å². The van der Waals surface area contributed by atoms with Crippen molar-refractivity contribution in [2.24, 2.45) is 0 Å². The third-order valence-corrected chi connectivity index (χ3v) is 3.15. The van der Waals surface area contributed by atoms with Crippen LogP contribution in [0, 0.1) is 0 Å². The molecule has 1 heterocycles. The second-order valence-corrected chi connectivity index (χ2v) is 4.75. The predicted octanol–water partition coefficient (Wildman–Crippen LogP) is 4.30. The van der Waals surface area contributed by atoms with Crippen LogP contribution in [0.3, 0.4) is 0 Å². The first-order valence-corrected chi connectivity index (χ1v) is 6.64. The van der Waals surface area contributed by atoms with E-state index in [0.717, 1.165) is 0 Å². The van der Waals surface area contributed by atoms with Crippen LogP contribution in [0.4, 0.5) is 13.2 Å². The minimum Gasteiger partial charge on any atom is -0.460 e. The van der Waals surface area contributed by atoms with Crippen molar-refractivity contribution in [3.05, 3.63) is 40.2 Å². The summed E-state index contributed by atoms with van der Waals surface area (Å²) >= 11 is 3.19. The van der Waals surface area contributed by atoms with Crippen LogP contribution in [0.2, 0.25) is 0 Å². The minimum atomic E-state index is -4.81. The third kappa shape index (κ3) is 3.26. The monoisotopic (exact) mass is 363 g/mol. The van der Waals surface area contributed by atoms with E-state index in [1.54, 1.807) is 18.2 Å². The largest absolute Gasteiger partial charge is 0.460 e. The van der Waals surface area contributed by atoms with Gasteiger partial charge in [0.15, 0.2) is 5.69 Å². The molecular formula is C13H9BrF3NO3. The van der Waals surface area contributed by atoms with E-state index in [1.165, 1.54) is 13.0 Å². The maximum atomic E-state index is 12.9. The molecule has 0 radical (unpaired) electrons. The van der Waals surface area contributed by atoms with Crippen LogP contribution in [0.1, 0.15) is 23.2 Å². The van der Waals surface area contributed by atoms with Crippen molar-refractivity contribution in [2.75, 3.05) is 6.61 Å². The van der Waals surface area contributed by atoms with Gasteiger partial charge in [0, 0.05) is 4.47 Å². The fourth-order valence-corrected chi connectivity index (χ4v) is 2.05. The molecule has 0 fully saturated rings. The van der Waals surface area contributed by atoms with E-state index < -0.39 is 23.6 Å². The lowest BCUT2D eigenvalue weighted by Crippen LogP contribution is -2.14. The van der Waals surface area contributed by atoms with Crippen molar-refractivity contribution < 1.29 is 27.1 Å². The molecule has 1 aromatic heterocycles. The number of carbonyl (C=O) groups excluding carboxylic acids is 1. The second-order valence-electron chi connectivity index (χ2n) is 3.89. The molecule has 0 unspecified atom stereocenters. The number of nitrogens with zero attached hydrogens (tertiary/aromatic N) is 1. The first-order valence-electron chi connectivity index (χ1n) is 5.84. The van der Waals surface area contributed by atoms with Gasteiger partial charge >= 0.3 is 12.1 Å². The van der Waals surface area contributed by atoms with Crippen LogP contribution in [-0.4, -0.2) is 17.6 Å². The molecule has 0 saturated carbocycles. The Morgan fingerprint density at radius 1 is 1.38 bits per heavy atom. The quantitative estimate of drug-likeness (QED) is 0.763. The molecule has 0 bridgehead atoms. The Kier molecular flexibility index (Phi) is 4.36. The van der Waals surface area contributed by atoms with E-state index in [2.05, 4.69) is 25.7 Å². The molecule has 112 valence electrons. The molecule has 4 nitrogen and oxygen atoms in total. The molecule has 0 aliphatic rings. The van der Waals surface area contributed by atoms with Crippen molar-refractivity contribution >= 4 is 21.9 Å². The lowest BCUT2D eigenvalue weighted by molar-refractivity contribution is -0.141. The van der Waals surface area contributed by atoms with E-state index in [-0.39, 0.29) is 12.5 Å². The average Bonchev–Trinajstić information content (AvgIpc) is 2.84. The van der Waals surface area contributed by atoms with E-state index >= 15 is 0 Å². The highest BCUT2D eigenvalue weighted by molar-refractivity contribution is 9.10. The van der Waals surface area contributed by atoms with Gasteiger partial charge in [-0.3, -0.25) is 0 Å². The summed E-state index contributed by atoms with van der Waals surface area (Å²) in [6, 6.07) is 6.44. The fourth-order valence-electron chi connectivity index (χ4n) is 1.60.